The smallest absolute Gasteiger partial charge is 0.253 e. The number of halogens is 1. The van der Waals surface area contributed by atoms with Crippen molar-refractivity contribution in [1.29, 1.82) is 0 Å². The molecule has 2 amide bonds. The molecule has 0 saturated heterocycles. The molecule has 0 aliphatic carbocycles. The maximum atomic E-state index is 12.9. The van der Waals surface area contributed by atoms with Crippen LogP contribution >= 0.6 is 11.6 Å². The highest BCUT2D eigenvalue weighted by molar-refractivity contribution is 6.33. The Hall–Kier alpha value is -3.59. The van der Waals surface area contributed by atoms with Crippen LogP contribution in [0.3, 0.4) is 0 Å². The average molecular weight is 540 g/mol. The van der Waals surface area contributed by atoms with Gasteiger partial charge in [-0.15, -0.1) is 0 Å². The quantitative estimate of drug-likeness (QED) is 0.183. The summed E-state index contributed by atoms with van der Waals surface area (Å²) in [4.78, 5) is 28.6. The molecule has 0 spiro atoms. The first-order valence-electron chi connectivity index (χ1n) is 13.2. The van der Waals surface area contributed by atoms with Gasteiger partial charge in [-0.25, -0.2) is 9.67 Å². The van der Waals surface area contributed by atoms with Gasteiger partial charge in [-0.2, -0.15) is 5.10 Å². The van der Waals surface area contributed by atoms with E-state index in [1.54, 1.807) is 12.3 Å². The monoisotopic (exact) mass is 539 g/mol. The number of nitrogens with one attached hydrogen (secondary N) is 4. The minimum atomic E-state index is -0.150. The van der Waals surface area contributed by atoms with Crippen LogP contribution in [0.2, 0.25) is 5.02 Å². The number of hydrogen-bond donors (Lipinski definition) is 4. The zero-order valence-corrected chi connectivity index (χ0v) is 23.4. The van der Waals surface area contributed by atoms with Crippen LogP contribution in [0.15, 0.2) is 42.6 Å². The van der Waals surface area contributed by atoms with Crippen molar-refractivity contribution in [2.75, 3.05) is 23.7 Å². The summed E-state index contributed by atoms with van der Waals surface area (Å²) in [5, 5.41) is 17.5. The lowest BCUT2D eigenvalue weighted by atomic mass is 10.1. The first kappa shape index (κ1) is 29.0. The van der Waals surface area contributed by atoms with Gasteiger partial charge in [0.15, 0.2) is 0 Å². The minimum absolute atomic E-state index is 0.0822. The van der Waals surface area contributed by atoms with Crippen molar-refractivity contribution in [2.24, 2.45) is 0 Å². The van der Waals surface area contributed by atoms with Gasteiger partial charge in [-0.1, -0.05) is 43.5 Å². The Morgan fingerprint density at radius 1 is 0.974 bits per heavy atom. The molecular formula is C28H38ClN7O2. The van der Waals surface area contributed by atoms with Crippen molar-refractivity contribution < 1.29 is 9.59 Å². The molecule has 2 aromatic heterocycles. The van der Waals surface area contributed by atoms with E-state index in [4.69, 9.17) is 11.6 Å². The molecule has 0 saturated carbocycles. The van der Waals surface area contributed by atoms with E-state index in [0.717, 1.165) is 37.2 Å². The fourth-order valence-electron chi connectivity index (χ4n) is 3.93. The van der Waals surface area contributed by atoms with Gasteiger partial charge in [0.05, 0.1) is 33.9 Å². The number of pyridine rings is 1. The van der Waals surface area contributed by atoms with Crippen LogP contribution in [0, 0.1) is 6.92 Å². The zero-order chi connectivity index (χ0) is 27.5. The summed E-state index contributed by atoms with van der Waals surface area (Å²) in [6.07, 6.45) is 5.89. The number of benzene rings is 1. The van der Waals surface area contributed by atoms with Crippen molar-refractivity contribution in [3.63, 3.8) is 0 Å². The molecule has 38 heavy (non-hydrogen) atoms. The van der Waals surface area contributed by atoms with E-state index in [9.17, 15) is 9.59 Å². The second-order valence-corrected chi connectivity index (χ2v) is 9.84. The topological polar surface area (TPSA) is 113 Å². The van der Waals surface area contributed by atoms with E-state index in [2.05, 4.69) is 45.2 Å². The number of carbonyl (C=O) groups is 2. The molecule has 0 aliphatic rings. The van der Waals surface area contributed by atoms with E-state index in [1.807, 2.05) is 48.9 Å². The van der Waals surface area contributed by atoms with Gasteiger partial charge in [0.25, 0.3) is 5.91 Å². The van der Waals surface area contributed by atoms with E-state index in [1.165, 1.54) is 0 Å². The van der Waals surface area contributed by atoms with Gasteiger partial charge in [-0.05, 0) is 45.7 Å². The first-order chi connectivity index (χ1) is 18.3. The van der Waals surface area contributed by atoms with Gasteiger partial charge in [0.2, 0.25) is 5.91 Å². The third-order valence-corrected chi connectivity index (χ3v) is 6.23. The number of anilines is 4. The Labute approximate surface area is 229 Å². The van der Waals surface area contributed by atoms with Crippen LogP contribution in [-0.4, -0.2) is 39.7 Å². The van der Waals surface area contributed by atoms with Gasteiger partial charge in [0.1, 0.15) is 11.6 Å². The predicted octanol–water partition coefficient (Wildman–Crippen LogP) is 6.12. The number of nitrogens with zero attached hydrogens (tertiary/aromatic N) is 3. The standard InChI is InChI=1S/C28H38ClN7O2/c1-5-27(37)30-14-10-6-7-11-15-31-28(38)21-12-8-9-13-23(21)33-24-17-25(32-18-22(24)29)34-26-16-20(4)35-36(26)19(2)3/h8-9,12-13,16-19H,5-7,10-11,14-15H2,1-4H3,(H,30,37)(H,31,38)(H2,32,33,34). The first-order valence-corrected chi connectivity index (χ1v) is 13.6. The molecule has 204 valence electrons. The van der Waals surface area contributed by atoms with E-state index < -0.39 is 0 Å². The van der Waals surface area contributed by atoms with Crippen molar-refractivity contribution in [3.8, 4) is 0 Å². The van der Waals surface area contributed by atoms with Gasteiger partial charge >= 0.3 is 0 Å². The summed E-state index contributed by atoms with van der Waals surface area (Å²) < 4.78 is 1.91. The second-order valence-electron chi connectivity index (χ2n) is 9.43. The molecule has 0 fully saturated rings. The minimum Gasteiger partial charge on any atom is -0.356 e. The number of hydrogen-bond acceptors (Lipinski definition) is 6. The Morgan fingerprint density at radius 3 is 2.39 bits per heavy atom. The highest BCUT2D eigenvalue weighted by Gasteiger charge is 2.14. The Kier molecular flexibility index (Phi) is 11.0. The van der Waals surface area contributed by atoms with Crippen molar-refractivity contribution in [2.45, 2.75) is 65.8 Å². The fourth-order valence-corrected chi connectivity index (χ4v) is 4.08. The molecule has 0 radical (unpaired) electrons. The lowest BCUT2D eigenvalue weighted by molar-refractivity contribution is -0.120. The summed E-state index contributed by atoms with van der Waals surface area (Å²) in [6.45, 7) is 9.21. The number of carbonyl (C=O) groups excluding carboxylic acids is 2. The van der Waals surface area contributed by atoms with Gasteiger partial charge in [0, 0.05) is 37.7 Å². The van der Waals surface area contributed by atoms with Crippen LogP contribution in [0.1, 0.15) is 75.0 Å². The normalized spacial score (nSPS) is 10.9. The van der Waals surface area contributed by atoms with Gasteiger partial charge < -0.3 is 21.3 Å². The number of rotatable bonds is 14. The molecule has 3 rings (SSSR count). The van der Waals surface area contributed by atoms with E-state index >= 15 is 0 Å². The number of aryl methyl sites for hydroxylation is 1. The molecule has 10 heteroatoms. The van der Waals surface area contributed by atoms with Crippen molar-refractivity contribution in [1.82, 2.24) is 25.4 Å². The molecule has 1 aromatic carbocycles. The second kappa shape index (κ2) is 14.4. The zero-order valence-electron chi connectivity index (χ0n) is 22.6. The maximum Gasteiger partial charge on any atom is 0.253 e. The van der Waals surface area contributed by atoms with Crippen LogP contribution in [0.5, 0.6) is 0 Å². The summed E-state index contributed by atoms with van der Waals surface area (Å²) in [7, 11) is 0. The molecule has 0 atom stereocenters. The molecule has 0 bridgehead atoms. The lowest BCUT2D eigenvalue weighted by Gasteiger charge is -2.15. The third kappa shape index (κ3) is 8.48. The van der Waals surface area contributed by atoms with Crippen LogP contribution < -0.4 is 21.3 Å². The summed E-state index contributed by atoms with van der Waals surface area (Å²) in [5.74, 6) is 1.38. The third-order valence-electron chi connectivity index (χ3n) is 5.93. The molecule has 2 heterocycles. The van der Waals surface area contributed by atoms with Crippen molar-refractivity contribution >= 4 is 46.4 Å². The fraction of sp³-hybridized carbons (Fsp3) is 0.429. The van der Waals surface area contributed by atoms with Crippen molar-refractivity contribution in [3.05, 3.63) is 58.9 Å². The average Bonchev–Trinajstić information content (AvgIpc) is 3.27. The highest BCUT2D eigenvalue weighted by Crippen LogP contribution is 2.30. The summed E-state index contributed by atoms with van der Waals surface area (Å²) >= 11 is 6.45. The molecular weight excluding hydrogens is 502 g/mol. The number of para-hydroxylation sites is 1. The Morgan fingerprint density at radius 2 is 1.68 bits per heavy atom. The summed E-state index contributed by atoms with van der Waals surface area (Å²) in [6, 6.07) is 11.3. The van der Waals surface area contributed by atoms with Crippen LogP contribution in [0.25, 0.3) is 0 Å². The molecule has 0 unspecified atom stereocenters. The largest absolute Gasteiger partial charge is 0.356 e. The SMILES string of the molecule is CCC(=O)NCCCCCCNC(=O)c1ccccc1Nc1cc(Nc2cc(C)nn2C(C)C)ncc1Cl. The predicted molar refractivity (Wildman–Crippen MR) is 154 cm³/mol. The maximum absolute atomic E-state index is 12.9. The number of amides is 2. The van der Waals surface area contributed by atoms with Gasteiger partial charge in [-0.3, -0.25) is 9.59 Å². The number of aromatic nitrogens is 3. The molecule has 9 nitrogen and oxygen atoms in total. The number of unbranched alkanes of at least 4 members (excludes halogenated alkanes) is 3. The highest BCUT2D eigenvalue weighted by atomic mass is 35.5. The summed E-state index contributed by atoms with van der Waals surface area (Å²) in [5.41, 5.74) is 2.73. The molecule has 4 N–H and O–H groups in total. The Balaban J connectivity index is 1.58. The van der Waals surface area contributed by atoms with E-state index in [-0.39, 0.29) is 17.9 Å². The van der Waals surface area contributed by atoms with E-state index in [0.29, 0.717) is 47.3 Å². The van der Waals surface area contributed by atoms with Crippen LogP contribution in [0.4, 0.5) is 23.0 Å². The van der Waals surface area contributed by atoms with Crippen LogP contribution in [-0.2, 0) is 4.79 Å². The Bertz CT molecular complexity index is 1230. The molecule has 0 aliphatic heterocycles. The lowest BCUT2D eigenvalue weighted by Crippen LogP contribution is -2.25. The molecule has 3 aromatic rings.